The summed E-state index contributed by atoms with van der Waals surface area (Å²) in [7, 11) is 0. The molecule has 60 heavy (non-hydrogen) atoms. The van der Waals surface area contributed by atoms with E-state index in [0.29, 0.717) is 6.61 Å². The normalized spacial score (nSPS) is 28.1. The van der Waals surface area contributed by atoms with Crippen molar-refractivity contribution in [2.75, 3.05) is 33.0 Å². The molecule has 348 valence electrons. The molecule has 2 heterocycles. The van der Waals surface area contributed by atoms with Gasteiger partial charge < -0.3 is 64.2 Å². The van der Waals surface area contributed by atoms with E-state index in [-0.39, 0.29) is 19.6 Å². The van der Waals surface area contributed by atoms with Crippen LogP contribution in [0.4, 0.5) is 0 Å². The Morgan fingerprint density at radius 1 is 0.550 bits per heavy atom. The minimum atomic E-state index is -1.70. The van der Waals surface area contributed by atoms with Gasteiger partial charge in [0.05, 0.1) is 26.4 Å². The second-order valence-corrected chi connectivity index (χ2v) is 15.8. The highest BCUT2D eigenvalue weighted by Gasteiger charge is 2.47. The summed E-state index contributed by atoms with van der Waals surface area (Å²) in [4.78, 5) is 12.1. The molecule has 0 aromatic carbocycles. The number of hydrogen-bond donors (Lipinski definition) is 7. The monoisotopic (exact) mass is 857 g/mol. The maximum absolute atomic E-state index is 12.1. The lowest BCUT2D eigenvalue weighted by Gasteiger charge is -2.42. The fourth-order valence-electron chi connectivity index (χ4n) is 6.90. The van der Waals surface area contributed by atoms with Gasteiger partial charge in [-0.15, -0.1) is 0 Å². The molecule has 2 aliphatic heterocycles. The third-order valence-electron chi connectivity index (χ3n) is 10.7. The molecular weight excluding hydrogens is 776 g/mol. The molecule has 0 amide bonds. The van der Waals surface area contributed by atoms with Gasteiger partial charge in [0.25, 0.3) is 0 Å². The Kier molecular flexibility index (Phi) is 31.0. The number of esters is 1. The van der Waals surface area contributed by atoms with Gasteiger partial charge in [-0.25, -0.2) is 0 Å². The number of unbranched alkanes of at least 4 members (excludes halogenated alkanes) is 13. The summed E-state index contributed by atoms with van der Waals surface area (Å²) in [5.41, 5.74) is 0. The molecule has 7 N–H and O–H groups in total. The van der Waals surface area contributed by atoms with Crippen LogP contribution in [0.1, 0.15) is 136 Å². The fourth-order valence-corrected chi connectivity index (χ4v) is 6.90. The van der Waals surface area contributed by atoms with Gasteiger partial charge in [0.15, 0.2) is 12.6 Å². The van der Waals surface area contributed by atoms with E-state index >= 15 is 0 Å². The number of hydrogen-bond acceptors (Lipinski definition) is 14. The number of carbonyl (C=O) groups excluding carboxylic acids is 1. The van der Waals surface area contributed by atoms with Crippen LogP contribution < -0.4 is 0 Å². The molecule has 0 aromatic rings. The Morgan fingerprint density at radius 3 is 1.55 bits per heavy atom. The van der Waals surface area contributed by atoms with Gasteiger partial charge in [-0.05, 0) is 44.9 Å². The van der Waals surface area contributed by atoms with Crippen molar-refractivity contribution in [3.05, 3.63) is 48.6 Å². The van der Waals surface area contributed by atoms with Crippen molar-refractivity contribution in [3.63, 3.8) is 0 Å². The molecule has 2 rings (SSSR count). The maximum Gasteiger partial charge on any atom is 0.305 e. The quantitative estimate of drug-likeness (QED) is 0.0251. The second-order valence-electron chi connectivity index (χ2n) is 15.8. The fraction of sp³-hybridized carbons (Fsp3) is 0.804. The molecule has 0 radical (unpaired) electrons. The third kappa shape index (κ3) is 22.9. The molecule has 2 fully saturated rings. The van der Waals surface area contributed by atoms with Crippen molar-refractivity contribution in [1.29, 1.82) is 0 Å². The standard InChI is InChI=1S/C46H80O14/c1-3-5-6-7-8-9-10-11-12-13-14-15-16-17-18-19-20-21-22-23-24-25-26-27-28-29-30-55-32-35(58-38(48)4-2)33-56-45-44(54)42(52)40(50)37(60-45)34-57-46-43(53)41(51)39(49)36(31-47)59-46/h5-6,8-9,11-12,14-15,35-37,39-47,49-54H,3-4,7,10,13,16-34H2,1-2H3/b6-5-,9-8-,12-11-,15-14-. The van der Waals surface area contributed by atoms with Crippen LogP contribution in [-0.4, -0.2) is 142 Å². The largest absolute Gasteiger partial charge is 0.457 e. The van der Waals surface area contributed by atoms with E-state index < -0.39 is 86.7 Å². The van der Waals surface area contributed by atoms with Crippen LogP contribution in [0.5, 0.6) is 0 Å². The molecule has 0 aromatic heterocycles. The second kappa shape index (κ2) is 34.4. The summed E-state index contributed by atoms with van der Waals surface area (Å²) in [5, 5.41) is 71.2. The average Bonchev–Trinajstić information content (AvgIpc) is 3.25. The van der Waals surface area contributed by atoms with Gasteiger partial charge in [-0.3, -0.25) is 4.79 Å². The number of rotatable bonds is 34. The van der Waals surface area contributed by atoms with E-state index in [1.165, 1.54) is 70.6 Å². The minimum absolute atomic E-state index is 0.0503. The first-order valence-corrected chi connectivity index (χ1v) is 22.7. The van der Waals surface area contributed by atoms with Crippen molar-refractivity contribution in [2.45, 2.75) is 203 Å². The van der Waals surface area contributed by atoms with E-state index in [1.54, 1.807) is 6.92 Å². The van der Waals surface area contributed by atoms with E-state index in [2.05, 4.69) is 55.5 Å². The zero-order valence-corrected chi connectivity index (χ0v) is 36.4. The highest BCUT2D eigenvalue weighted by molar-refractivity contribution is 5.69. The zero-order chi connectivity index (χ0) is 43.8. The van der Waals surface area contributed by atoms with Crippen LogP contribution in [0.3, 0.4) is 0 Å². The molecule has 2 saturated heterocycles. The predicted octanol–water partition coefficient (Wildman–Crippen LogP) is 5.23. The number of ether oxygens (including phenoxy) is 6. The molecule has 11 unspecified atom stereocenters. The van der Waals surface area contributed by atoms with Crippen LogP contribution >= 0.6 is 0 Å². The van der Waals surface area contributed by atoms with Crippen LogP contribution in [0.25, 0.3) is 0 Å². The first-order chi connectivity index (χ1) is 29.1. The topological polar surface area (TPSA) is 214 Å². The zero-order valence-electron chi connectivity index (χ0n) is 36.4. The van der Waals surface area contributed by atoms with Gasteiger partial charge in [0, 0.05) is 13.0 Å². The molecule has 0 aliphatic carbocycles. The third-order valence-corrected chi connectivity index (χ3v) is 10.7. The highest BCUT2D eigenvalue weighted by Crippen LogP contribution is 2.26. The van der Waals surface area contributed by atoms with Crippen molar-refractivity contribution in [3.8, 4) is 0 Å². The van der Waals surface area contributed by atoms with E-state index in [9.17, 15) is 40.5 Å². The SMILES string of the molecule is CC/C=C\C/C=C\C/C=C\C/C=C\CCCCCCCCCCCCCCCOCC(COC1OC(COC2OC(CO)C(O)C(O)C2O)C(O)C(O)C1O)OC(=O)CC. The summed E-state index contributed by atoms with van der Waals surface area (Å²) in [6.45, 7) is 2.97. The lowest BCUT2D eigenvalue weighted by Crippen LogP contribution is -2.61. The summed E-state index contributed by atoms with van der Waals surface area (Å²) in [6, 6.07) is 0. The summed E-state index contributed by atoms with van der Waals surface area (Å²) in [6.07, 6.45) is 23.2. The Morgan fingerprint density at radius 2 is 1.02 bits per heavy atom. The minimum Gasteiger partial charge on any atom is -0.457 e. The molecule has 0 saturated carbocycles. The summed E-state index contributed by atoms with van der Waals surface area (Å²) >= 11 is 0. The van der Waals surface area contributed by atoms with Crippen LogP contribution in [-0.2, 0) is 33.2 Å². The van der Waals surface area contributed by atoms with Crippen LogP contribution in [0.2, 0.25) is 0 Å². The van der Waals surface area contributed by atoms with Gasteiger partial charge in [-0.2, -0.15) is 0 Å². The smallest absolute Gasteiger partial charge is 0.305 e. The predicted molar refractivity (Wildman–Crippen MR) is 229 cm³/mol. The van der Waals surface area contributed by atoms with Gasteiger partial charge in [0.2, 0.25) is 0 Å². The van der Waals surface area contributed by atoms with Gasteiger partial charge >= 0.3 is 5.97 Å². The maximum atomic E-state index is 12.1. The summed E-state index contributed by atoms with van der Waals surface area (Å²) in [5.74, 6) is -0.466. The number of aliphatic hydroxyl groups excluding tert-OH is 7. The van der Waals surface area contributed by atoms with Gasteiger partial charge in [-0.1, -0.05) is 133 Å². The molecule has 14 heteroatoms. The Labute approximate surface area is 359 Å². The number of carbonyl (C=O) groups is 1. The molecule has 14 nitrogen and oxygen atoms in total. The molecule has 0 bridgehead atoms. The Balaban J connectivity index is 1.51. The average molecular weight is 857 g/mol. The first-order valence-electron chi connectivity index (χ1n) is 22.7. The van der Waals surface area contributed by atoms with Crippen LogP contribution in [0, 0.1) is 0 Å². The lowest BCUT2D eigenvalue weighted by atomic mass is 9.98. The Bertz CT molecular complexity index is 1180. The highest BCUT2D eigenvalue weighted by atomic mass is 16.7. The molecule has 11 atom stereocenters. The van der Waals surface area contributed by atoms with Crippen molar-refractivity contribution < 1.29 is 69.0 Å². The van der Waals surface area contributed by atoms with Crippen molar-refractivity contribution in [2.24, 2.45) is 0 Å². The van der Waals surface area contributed by atoms with Crippen LogP contribution in [0.15, 0.2) is 48.6 Å². The van der Waals surface area contributed by atoms with E-state index in [0.717, 1.165) is 44.9 Å². The van der Waals surface area contributed by atoms with E-state index in [4.69, 9.17) is 28.4 Å². The molecule has 0 spiro atoms. The molecule has 2 aliphatic rings. The lowest BCUT2D eigenvalue weighted by molar-refractivity contribution is -0.332. The van der Waals surface area contributed by atoms with Crippen molar-refractivity contribution in [1.82, 2.24) is 0 Å². The van der Waals surface area contributed by atoms with Gasteiger partial charge in [0.1, 0.15) is 54.9 Å². The van der Waals surface area contributed by atoms with Crippen molar-refractivity contribution >= 4 is 5.97 Å². The number of allylic oxidation sites excluding steroid dienone is 8. The Hall–Kier alpha value is -2.05. The van der Waals surface area contributed by atoms with E-state index in [1.807, 2.05) is 0 Å². The number of aliphatic hydroxyl groups is 7. The molecular formula is C46H80O14. The summed E-state index contributed by atoms with van der Waals surface area (Å²) < 4.78 is 33.4. The first kappa shape index (κ1) is 54.1.